The van der Waals surface area contributed by atoms with Crippen LogP contribution in [0.2, 0.25) is 10.0 Å². The zero-order chi connectivity index (χ0) is 24.0. The normalized spacial score (nSPS) is 21.9. The number of aliphatic hydroxyl groups excluding tert-OH is 1. The minimum absolute atomic E-state index is 0.0402. The average Bonchev–Trinajstić information content (AvgIpc) is 3.62. The number of aromatic nitrogens is 3. The van der Waals surface area contributed by atoms with E-state index in [1.54, 1.807) is 6.07 Å². The molecule has 0 bridgehead atoms. The number of H-pyrrole nitrogens is 1. The van der Waals surface area contributed by atoms with E-state index >= 15 is 0 Å². The number of nitrogens with one attached hydrogen (secondary N) is 2. The predicted molar refractivity (Wildman–Crippen MR) is 121 cm³/mol. The van der Waals surface area contributed by atoms with Gasteiger partial charge in [0.1, 0.15) is 6.07 Å². The molecule has 1 aromatic carbocycles. The van der Waals surface area contributed by atoms with E-state index in [0.29, 0.717) is 12.0 Å². The number of hydrogen-bond acceptors (Lipinski definition) is 9. The molecule has 3 N–H and O–H groups in total. The quantitative estimate of drug-likeness (QED) is 0.568. The van der Waals surface area contributed by atoms with Crippen LogP contribution in [0.15, 0.2) is 38.0 Å². The maximum Gasteiger partial charge on any atom is 0.349 e. The van der Waals surface area contributed by atoms with Crippen LogP contribution in [0.4, 0.5) is 0 Å². The van der Waals surface area contributed by atoms with Crippen molar-refractivity contribution in [2.45, 2.75) is 50.5 Å². The Kier molecular flexibility index (Phi) is 5.91. The van der Waals surface area contributed by atoms with E-state index in [9.17, 15) is 14.7 Å². The minimum atomic E-state index is -0.979. The van der Waals surface area contributed by atoms with Gasteiger partial charge in [-0.15, -0.1) is 10.2 Å². The Morgan fingerprint density at radius 1 is 1.21 bits per heavy atom. The number of halogens is 2. The summed E-state index contributed by atoms with van der Waals surface area (Å²) in [6.45, 7) is 0. The second-order valence-electron chi connectivity index (χ2n) is 8.07. The number of hydrazone groups is 1. The second kappa shape index (κ2) is 8.88. The molecule has 5 rings (SSSR count). The molecule has 34 heavy (non-hydrogen) atoms. The number of ether oxygens (including phenoxy) is 2. The lowest BCUT2D eigenvalue weighted by molar-refractivity contribution is 0.0279. The molecular formula is C21H18Cl2N6O5. The van der Waals surface area contributed by atoms with Crippen molar-refractivity contribution in [1.29, 1.82) is 5.26 Å². The molecule has 1 fully saturated rings. The number of nitrogens with zero attached hydrogens (tertiary/aromatic N) is 4. The maximum atomic E-state index is 12.2. The standard InChI is InChI=1S/C21H18Cl2N6O5/c22-12-6-9(29-21(32)25-18(30)14(8-24)28-29)7-13(23)17(12)34-20-11-2-1-3-15(33-10-4-5-10)16(11)19(31)26-27-20/h6-7,10,15,19,26,31H,1-5H2,(H,25,30,32)/t15-,19?/m0/s1. The van der Waals surface area contributed by atoms with Crippen LogP contribution in [0, 0.1) is 11.3 Å². The number of aromatic amines is 1. The molecule has 2 aliphatic carbocycles. The van der Waals surface area contributed by atoms with Crippen LogP contribution < -0.4 is 21.4 Å². The van der Waals surface area contributed by atoms with Gasteiger partial charge < -0.3 is 14.6 Å². The Morgan fingerprint density at radius 3 is 2.62 bits per heavy atom. The fourth-order valence-electron chi connectivity index (χ4n) is 3.96. The molecule has 3 aliphatic rings. The Morgan fingerprint density at radius 2 is 1.94 bits per heavy atom. The van der Waals surface area contributed by atoms with E-state index < -0.39 is 23.2 Å². The van der Waals surface area contributed by atoms with Crippen molar-refractivity contribution < 1.29 is 14.6 Å². The molecule has 0 radical (unpaired) electrons. The summed E-state index contributed by atoms with van der Waals surface area (Å²) in [7, 11) is 0. The van der Waals surface area contributed by atoms with Gasteiger partial charge in [-0.25, -0.2) is 4.79 Å². The second-order valence-corrected chi connectivity index (χ2v) is 8.89. The highest BCUT2D eigenvalue weighted by atomic mass is 35.5. The maximum absolute atomic E-state index is 12.2. The van der Waals surface area contributed by atoms with Crippen LogP contribution in [0.1, 0.15) is 37.8 Å². The molecular weight excluding hydrogens is 487 g/mol. The third-order valence-corrected chi connectivity index (χ3v) is 6.23. The molecule has 1 aromatic heterocycles. The van der Waals surface area contributed by atoms with Gasteiger partial charge in [-0.1, -0.05) is 23.2 Å². The Balaban J connectivity index is 1.48. The molecule has 2 heterocycles. The topological polar surface area (TPSA) is 155 Å². The van der Waals surface area contributed by atoms with Crippen molar-refractivity contribution in [2.75, 3.05) is 0 Å². The number of benzene rings is 1. The van der Waals surface area contributed by atoms with Gasteiger partial charge in [0.05, 0.1) is 27.9 Å². The molecule has 13 heteroatoms. The van der Waals surface area contributed by atoms with Gasteiger partial charge in [-0.3, -0.25) is 15.2 Å². The van der Waals surface area contributed by atoms with E-state index in [-0.39, 0.29) is 39.6 Å². The van der Waals surface area contributed by atoms with Crippen LogP contribution in [0.3, 0.4) is 0 Å². The third kappa shape index (κ3) is 4.21. The Hall–Kier alpha value is -3.17. The van der Waals surface area contributed by atoms with Gasteiger partial charge in [-0.05, 0) is 44.2 Å². The van der Waals surface area contributed by atoms with Crippen molar-refractivity contribution in [3.8, 4) is 17.5 Å². The van der Waals surface area contributed by atoms with E-state index in [4.69, 9.17) is 37.9 Å². The summed E-state index contributed by atoms with van der Waals surface area (Å²) < 4.78 is 12.9. The molecule has 0 amide bonds. The van der Waals surface area contributed by atoms with Gasteiger partial charge >= 0.3 is 5.69 Å². The van der Waals surface area contributed by atoms with Crippen LogP contribution in [-0.4, -0.2) is 44.2 Å². The number of hydrogen-bond donors (Lipinski definition) is 3. The molecule has 1 unspecified atom stereocenters. The van der Waals surface area contributed by atoms with E-state index in [2.05, 4.69) is 15.6 Å². The monoisotopic (exact) mass is 504 g/mol. The summed E-state index contributed by atoms with van der Waals surface area (Å²) >= 11 is 12.8. The van der Waals surface area contributed by atoms with Crippen LogP contribution in [-0.2, 0) is 4.74 Å². The fraction of sp³-hybridized carbons (Fsp3) is 0.381. The van der Waals surface area contributed by atoms with Crippen molar-refractivity contribution in [3.63, 3.8) is 0 Å². The van der Waals surface area contributed by atoms with Crippen molar-refractivity contribution in [2.24, 2.45) is 5.10 Å². The highest BCUT2D eigenvalue weighted by Crippen LogP contribution is 2.39. The highest BCUT2D eigenvalue weighted by molar-refractivity contribution is 6.37. The summed E-state index contributed by atoms with van der Waals surface area (Å²) in [5.74, 6) is 0.297. The first-order valence-corrected chi connectivity index (χ1v) is 11.3. The number of nitriles is 1. The smallest absolute Gasteiger partial charge is 0.349 e. The molecule has 176 valence electrons. The highest BCUT2D eigenvalue weighted by Gasteiger charge is 2.38. The van der Waals surface area contributed by atoms with Gasteiger partial charge in [0.15, 0.2) is 12.0 Å². The Labute approximate surface area is 202 Å². The summed E-state index contributed by atoms with van der Waals surface area (Å²) in [5, 5.41) is 27.5. The summed E-state index contributed by atoms with van der Waals surface area (Å²) in [4.78, 5) is 25.8. The number of aliphatic hydroxyl groups is 1. The fourth-order valence-corrected chi connectivity index (χ4v) is 4.51. The van der Waals surface area contributed by atoms with E-state index in [0.717, 1.165) is 35.9 Å². The zero-order valence-corrected chi connectivity index (χ0v) is 19.1. The molecule has 1 saturated carbocycles. The van der Waals surface area contributed by atoms with E-state index in [1.807, 2.05) is 4.98 Å². The largest absolute Gasteiger partial charge is 0.434 e. The van der Waals surface area contributed by atoms with Crippen LogP contribution >= 0.6 is 23.2 Å². The van der Waals surface area contributed by atoms with Gasteiger partial charge in [0.2, 0.25) is 11.6 Å². The molecule has 0 saturated heterocycles. The average molecular weight is 505 g/mol. The van der Waals surface area contributed by atoms with Crippen molar-refractivity contribution in [1.82, 2.24) is 20.2 Å². The lowest BCUT2D eigenvalue weighted by Crippen LogP contribution is -2.42. The summed E-state index contributed by atoms with van der Waals surface area (Å²) in [6.07, 6.45) is 3.31. The summed E-state index contributed by atoms with van der Waals surface area (Å²) in [5.41, 5.74) is 1.95. The van der Waals surface area contributed by atoms with Gasteiger partial charge in [0, 0.05) is 11.1 Å². The molecule has 0 spiro atoms. The minimum Gasteiger partial charge on any atom is -0.434 e. The molecule has 2 atom stereocenters. The predicted octanol–water partition coefficient (Wildman–Crippen LogP) is 1.74. The first kappa shape index (κ1) is 22.6. The van der Waals surface area contributed by atoms with Crippen molar-refractivity contribution in [3.05, 3.63) is 59.9 Å². The SMILES string of the molecule is N#Cc1nn(-c2cc(Cl)c(OC3=NNC(O)C4=C3CCC[C@@H]4OC3CC3)c(Cl)c2)c(=O)[nH]c1=O. The third-order valence-electron chi connectivity index (χ3n) is 5.67. The molecule has 1 aliphatic heterocycles. The Bertz CT molecular complexity index is 1360. The first-order valence-electron chi connectivity index (χ1n) is 10.6. The zero-order valence-electron chi connectivity index (χ0n) is 17.5. The first-order chi connectivity index (χ1) is 16.4. The van der Waals surface area contributed by atoms with Crippen molar-refractivity contribution >= 4 is 29.1 Å². The molecule has 2 aromatic rings. The van der Waals surface area contributed by atoms with Crippen LogP contribution in [0.5, 0.6) is 5.75 Å². The lowest BCUT2D eigenvalue weighted by atomic mass is 9.87. The van der Waals surface area contributed by atoms with Gasteiger partial charge in [-0.2, -0.15) is 9.94 Å². The lowest BCUT2D eigenvalue weighted by Gasteiger charge is -2.34. The van der Waals surface area contributed by atoms with E-state index in [1.165, 1.54) is 12.1 Å². The molecule has 11 nitrogen and oxygen atoms in total. The number of rotatable bonds is 4. The van der Waals surface area contributed by atoms with Gasteiger partial charge in [0.25, 0.3) is 5.56 Å². The van der Waals surface area contributed by atoms with Crippen LogP contribution in [0.25, 0.3) is 5.69 Å². The summed E-state index contributed by atoms with van der Waals surface area (Å²) in [6, 6.07) is 4.33.